The van der Waals surface area contributed by atoms with Crippen molar-refractivity contribution in [2.45, 2.75) is 39.0 Å². The van der Waals surface area contributed by atoms with E-state index in [2.05, 4.69) is 57.6 Å². The van der Waals surface area contributed by atoms with Gasteiger partial charge in [0.15, 0.2) is 0 Å². The normalized spacial score (nSPS) is 20.1. The topological polar surface area (TPSA) is 50.2 Å². The van der Waals surface area contributed by atoms with Crippen LogP contribution in [0.3, 0.4) is 0 Å². The number of fused-ring (bicyclic) bond motifs is 1. The van der Waals surface area contributed by atoms with Crippen molar-refractivity contribution in [3.63, 3.8) is 0 Å². The van der Waals surface area contributed by atoms with E-state index in [-0.39, 0.29) is 20.4 Å². The van der Waals surface area contributed by atoms with Gasteiger partial charge >= 0.3 is 231 Å². The van der Waals surface area contributed by atoms with Gasteiger partial charge in [0, 0.05) is 0 Å². The Balaban J connectivity index is 1.50. The van der Waals surface area contributed by atoms with Crippen molar-refractivity contribution in [3.8, 4) is 15.8 Å². The molecule has 5 rings (SSSR count). The zero-order valence-corrected chi connectivity index (χ0v) is 24.2. The molecule has 2 unspecified atom stereocenters. The second-order valence-electron chi connectivity index (χ2n) is 9.21. The number of allylic oxidation sites excluding steroid dienone is 1. The van der Waals surface area contributed by atoms with Crippen LogP contribution in [0.15, 0.2) is 40.9 Å². The summed E-state index contributed by atoms with van der Waals surface area (Å²) in [5.41, 5.74) is 5.01. The Kier molecular flexibility index (Phi) is 7.92. The number of nitrogens with one attached hydrogen (secondary N) is 1. The molecule has 2 fully saturated rings. The van der Waals surface area contributed by atoms with Gasteiger partial charge < -0.3 is 0 Å². The molecule has 0 spiro atoms. The summed E-state index contributed by atoms with van der Waals surface area (Å²) in [6.45, 7) is 4.00. The molecule has 1 saturated carbocycles. The Morgan fingerprint density at radius 3 is 2.71 bits per heavy atom. The number of aromatic nitrogens is 2. The molecule has 1 amide bonds. The first-order chi connectivity index (χ1) is 16.9. The Morgan fingerprint density at radius 1 is 1.23 bits per heavy atom. The molecule has 1 N–H and O–H groups in total. The second-order valence-corrected chi connectivity index (χ2v) is 13.2. The third kappa shape index (κ3) is 5.36. The number of hydrogen-bond donors (Lipinski definition) is 1. The van der Waals surface area contributed by atoms with Gasteiger partial charge in [-0.15, -0.1) is 0 Å². The summed E-state index contributed by atoms with van der Waals surface area (Å²) in [6, 6.07) is 9.60. The molecule has 0 bridgehead atoms. The molecular weight excluding hydrogens is 614 g/mol. The summed E-state index contributed by atoms with van der Waals surface area (Å²) in [6.07, 6.45) is 10.4. The van der Waals surface area contributed by atoms with Gasteiger partial charge in [0.1, 0.15) is 0 Å². The standard InChI is InChI=1S/C26H27BrCl2N4OSe/c1-2-3-4-8-19-10-12-22(35-19)25-23(27)24(30-33(25)21-11-9-18(28)13-20(21)29)26(34)31-32-14-16-6-5-7-17(16)15-32/h4,8-13,16-17H,2-3,5-7,14-15H2,1H3,(H,31,34). The monoisotopic (exact) mass is 640 g/mol. The summed E-state index contributed by atoms with van der Waals surface area (Å²) in [7, 11) is 0. The molecule has 3 aromatic rings. The van der Waals surface area contributed by atoms with Gasteiger partial charge in [-0.2, -0.15) is 0 Å². The Hall–Kier alpha value is -1.34. The van der Waals surface area contributed by atoms with Crippen LogP contribution in [-0.2, 0) is 0 Å². The van der Waals surface area contributed by atoms with Gasteiger partial charge in [-0.1, -0.05) is 0 Å². The summed E-state index contributed by atoms with van der Waals surface area (Å²) >= 11 is 16.6. The maximum absolute atomic E-state index is 13.4. The van der Waals surface area contributed by atoms with E-state index in [0.29, 0.717) is 37.7 Å². The van der Waals surface area contributed by atoms with Gasteiger partial charge in [-0.05, 0) is 0 Å². The minimum atomic E-state index is -0.205. The van der Waals surface area contributed by atoms with Crippen molar-refractivity contribution in [2.75, 3.05) is 13.1 Å². The molecule has 1 aromatic carbocycles. The molecule has 184 valence electrons. The van der Waals surface area contributed by atoms with Gasteiger partial charge in [0.25, 0.3) is 0 Å². The van der Waals surface area contributed by atoms with Crippen LogP contribution in [0.25, 0.3) is 21.9 Å². The molecule has 0 radical (unpaired) electrons. The van der Waals surface area contributed by atoms with Crippen molar-refractivity contribution in [2.24, 2.45) is 11.8 Å². The van der Waals surface area contributed by atoms with Crippen LogP contribution >= 0.6 is 39.1 Å². The fourth-order valence-corrected chi connectivity index (χ4v) is 8.51. The van der Waals surface area contributed by atoms with E-state index in [1.807, 2.05) is 6.07 Å². The summed E-state index contributed by atoms with van der Waals surface area (Å²) in [5, 5.41) is 7.86. The fraction of sp³-hybridized carbons (Fsp3) is 0.385. The van der Waals surface area contributed by atoms with E-state index in [9.17, 15) is 4.79 Å². The molecule has 2 atom stereocenters. The number of hydrazine groups is 1. The molecule has 1 saturated heterocycles. The van der Waals surface area contributed by atoms with Crippen LogP contribution in [0.4, 0.5) is 0 Å². The summed E-state index contributed by atoms with van der Waals surface area (Å²) in [5.74, 6) is 1.18. The predicted octanol–water partition coefficient (Wildman–Crippen LogP) is 6.86. The first kappa shape index (κ1) is 25.3. The molecule has 1 aliphatic carbocycles. The van der Waals surface area contributed by atoms with Crippen LogP contribution in [-0.4, -0.2) is 48.3 Å². The Labute approximate surface area is 230 Å². The van der Waals surface area contributed by atoms with Crippen molar-refractivity contribution in [3.05, 3.63) is 61.1 Å². The molecule has 5 nitrogen and oxygen atoms in total. The second kappa shape index (κ2) is 11.0. The summed E-state index contributed by atoms with van der Waals surface area (Å²) < 4.78 is 4.88. The Morgan fingerprint density at radius 2 is 2.00 bits per heavy atom. The third-order valence-electron chi connectivity index (χ3n) is 6.76. The number of benzene rings is 1. The van der Waals surface area contributed by atoms with Crippen LogP contribution < -0.4 is 5.43 Å². The maximum atomic E-state index is 13.4. The van der Waals surface area contributed by atoms with Crippen LogP contribution in [0, 0.1) is 11.8 Å². The molecule has 3 heterocycles. The van der Waals surface area contributed by atoms with Crippen LogP contribution in [0.5, 0.6) is 0 Å². The van der Waals surface area contributed by atoms with Crippen molar-refractivity contribution in [1.29, 1.82) is 0 Å². The first-order valence-electron chi connectivity index (χ1n) is 12.0. The predicted molar refractivity (Wildman–Crippen MR) is 147 cm³/mol. The molecule has 2 aromatic heterocycles. The zero-order chi connectivity index (χ0) is 24.5. The van der Waals surface area contributed by atoms with E-state index in [1.54, 1.807) is 16.8 Å². The van der Waals surface area contributed by atoms with E-state index in [4.69, 9.17) is 28.3 Å². The fourth-order valence-electron chi connectivity index (χ4n) is 5.04. The zero-order valence-electron chi connectivity index (χ0n) is 19.4. The SMILES string of the molecule is CCCC=Cc1ccc(-c2c(Br)c(C(=O)NN3CC4CCCC4C3)nn2-c2ccc(Cl)cc2Cl)[se]1. The average molecular weight is 641 g/mol. The van der Waals surface area contributed by atoms with Crippen molar-refractivity contribution in [1.82, 2.24) is 20.2 Å². The van der Waals surface area contributed by atoms with E-state index >= 15 is 0 Å². The first-order valence-corrected chi connectivity index (χ1v) is 15.3. The quantitative estimate of drug-likeness (QED) is 0.287. The molecular formula is C26H27BrCl2N4OSe. The number of nitrogens with zero attached hydrogens (tertiary/aromatic N) is 3. The Bertz CT molecular complexity index is 1260. The number of carbonyl (C=O) groups excluding carboxylic acids is 1. The van der Waals surface area contributed by atoms with Gasteiger partial charge in [-0.3, -0.25) is 0 Å². The van der Waals surface area contributed by atoms with Crippen LogP contribution in [0.2, 0.25) is 10.0 Å². The molecule has 9 heteroatoms. The molecule has 1 aliphatic heterocycles. The number of amides is 1. The van der Waals surface area contributed by atoms with Crippen molar-refractivity contribution >= 4 is 65.6 Å². The van der Waals surface area contributed by atoms with Gasteiger partial charge in [0.2, 0.25) is 0 Å². The molecule has 35 heavy (non-hydrogen) atoms. The van der Waals surface area contributed by atoms with Gasteiger partial charge in [0.05, 0.1) is 0 Å². The number of hydrogen-bond acceptors (Lipinski definition) is 3. The third-order valence-corrected chi connectivity index (χ3v) is 10.3. The number of halogens is 3. The van der Waals surface area contributed by atoms with E-state index < -0.39 is 0 Å². The number of carbonyl (C=O) groups is 1. The van der Waals surface area contributed by atoms with E-state index in [1.165, 1.54) is 23.7 Å². The van der Waals surface area contributed by atoms with Crippen LogP contribution in [0.1, 0.15) is 54.0 Å². The number of rotatable bonds is 7. The van der Waals surface area contributed by atoms with Crippen molar-refractivity contribution < 1.29 is 4.79 Å². The van der Waals surface area contributed by atoms with Gasteiger partial charge in [-0.25, -0.2) is 0 Å². The van der Waals surface area contributed by atoms with E-state index in [0.717, 1.165) is 36.1 Å². The number of unbranched alkanes of at least 4 members (excludes halogenated alkanes) is 1. The average Bonchev–Trinajstić information content (AvgIpc) is 3.58. The molecule has 2 aliphatic rings. The minimum absolute atomic E-state index is 0.0869. The summed E-state index contributed by atoms with van der Waals surface area (Å²) in [4.78, 5) is 13.4.